The molecule has 1 unspecified atom stereocenters. The average molecular weight is 250 g/mol. The average Bonchev–Trinajstić information content (AvgIpc) is 2.35. The molecule has 0 saturated heterocycles. The second-order valence-electron chi connectivity index (χ2n) is 4.69. The Bertz CT molecular complexity index is 391. The van der Waals surface area contributed by atoms with Gasteiger partial charge in [0.15, 0.2) is 0 Å². The lowest BCUT2D eigenvalue weighted by Crippen LogP contribution is -2.24. The Morgan fingerprint density at radius 3 is 2.56 bits per heavy atom. The predicted octanol–water partition coefficient (Wildman–Crippen LogP) is 2.46. The van der Waals surface area contributed by atoms with Gasteiger partial charge < -0.3 is 15.7 Å². The second kappa shape index (κ2) is 7.01. The molecule has 18 heavy (non-hydrogen) atoms. The summed E-state index contributed by atoms with van der Waals surface area (Å²) in [5.74, 6) is 0.147. The molecule has 4 heteroatoms. The van der Waals surface area contributed by atoms with E-state index in [0.717, 1.165) is 12.1 Å². The number of rotatable bonds is 6. The first-order valence-electron chi connectivity index (χ1n) is 6.34. The Morgan fingerprint density at radius 2 is 2.00 bits per heavy atom. The molecule has 0 spiro atoms. The lowest BCUT2D eigenvalue weighted by Gasteiger charge is -2.22. The van der Waals surface area contributed by atoms with Crippen LogP contribution < -0.4 is 10.6 Å². The van der Waals surface area contributed by atoms with Crippen LogP contribution in [0.1, 0.15) is 27.2 Å². The van der Waals surface area contributed by atoms with Crippen molar-refractivity contribution in [3.63, 3.8) is 0 Å². The Morgan fingerprint density at radius 1 is 1.33 bits per heavy atom. The van der Waals surface area contributed by atoms with Gasteiger partial charge in [0.25, 0.3) is 0 Å². The van der Waals surface area contributed by atoms with Gasteiger partial charge in [-0.1, -0.05) is 26.8 Å². The normalized spacial score (nSPS) is 12.3. The van der Waals surface area contributed by atoms with Crippen molar-refractivity contribution >= 4 is 17.3 Å². The quantitative estimate of drug-likeness (QED) is 0.727. The summed E-state index contributed by atoms with van der Waals surface area (Å²) in [4.78, 5) is 11.1. The van der Waals surface area contributed by atoms with Gasteiger partial charge in [-0.05, 0) is 30.5 Å². The van der Waals surface area contributed by atoms with Crippen LogP contribution in [-0.2, 0) is 4.79 Å². The minimum absolute atomic E-state index is 0.400. The summed E-state index contributed by atoms with van der Waals surface area (Å²) in [5.41, 5.74) is 1.67. The van der Waals surface area contributed by atoms with Crippen LogP contribution in [0.5, 0.6) is 0 Å². The summed E-state index contributed by atoms with van der Waals surface area (Å²) in [6, 6.07) is 7.93. The van der Waals surface area contributed by atoms with Crippen molar-refractivity contribution in [2.75, 3.05) is 17.2 Å². The zero-order valence-corrected chi connectivity index (χ0v) is 11.2. The summed E-state index contributed by atoms with van der Waals surface area (Å²) in [6.45, 7) is 6.01. The number of hydrogen-bond acceptors (Lipinski definition) is 3. The van der Waals surface area contributed by atoms with Crippen LogP contribution in [0.25, 0.3) is 0 Å². The number of nitrogens with one attached hydrogen (secondary N) is 2. The van der Waals surface area contributed by atoms with E-state index in [0.29, 0.717) is 17.6 Å². The maximum absolute atomic E-state index is 11.1. The van der Waals surface area contributed by atoms with Crippen molar-refractivity contribution in [2.24, 2.45) is 5.92 Å². The molecule has 0 aliphatic carbocycles. The topological polar surface area (TPSA) is 61.4 Å². The molecule has 1 atom stereocenters. The Balaban J connectivity index is 2.72. The highest BCUT2D eigenvalue weighted by molar-refractivity contribution is 5.91. The summed E-state index contributed by atoms with van der Waals surface area (Å²) in [7, 11) is 0. The number of aliphatic hydroxyl groups excluding tert-OH is 1. The van der Waals surface area contributed by atoms with E-state index >= 15 is 0 Å². The fourth-order valence-corrected chi connectivity index (χ4v) is 1.84. The van der Waals surface area contributed by atoms with Gasteiger partial charge in [0.1, 0.15) is 6.61 Å². The first-order chi connectivity index (χ1) is 8.56. The molecule has 0 bridgehead atoms. The van der Waals surface area contributed by atoms with Crippen LogP contribution in [0.15, 0.2) is 24.3 Å². The molecule has 0 radical (unpaired) electrons. The van der Waals surface area contributed by atoms with E-state index in [9.17, 15) is 4.79 Å². The van der Waals surface area contributed by atoms with Crippen LogP contribution in [-0.4, -0.2) is 23.7 Å². The molecule has 1 rings (SSSR count). The van der Waals surface area contributed by atoms with Crippen LogP contribution in [0.3, 0.4) is 0 Å². The minimum atomic E-state index is -0.499. The molecular formula is C14H22N2O2. The van der Waals surface area contributed by atoms with Gasteiger partial charge in [-0.25, -0.2) is 0 Å². The van der Waals surface area contributed by atoms with Gasteiger partial charge >= 0.3 is 0 Å². The maximum Gasteiger partial charge on any atom is 0.250 e. The van der Waals surface area contributed by atoms with Gasteiger partial charge in [0.2, 0.25) is 5.91 Å². The third-order valence-corrected chi connectivity index (χ3v) is 2.89. The molecule has 4 nitrogen and oxygen atoms in total. The fourth-order valence-electron chi connectivity index (χ4n) is 1.84. The number of carbonyl (C=O) groups excluding carboxylic acids is 1. The highest BCUT2D eigenvalue weighted by atomic mass is 16.3. The monoisotopic (exact) mass is 250 g/mol. The van der Waals surface area contributed by atoms with Crippen LogP contribution in [0.4, 0.5) is 11.4 Å². The lowest BCUT2D eigenvalue weighted by molar-refractivity contribution is -0.118. The smallest absolute Gasteiger partial charge is 0.250 e. The molecule has 1 amide bonds. The summed E-state index contributed by atoms with van der Waals surface area (Å²) in [6.07, 6.45) is 1.05. The third kappa shape index (κ3) is 4.37. The molecule has 0 heterocycles. The summed E-state index contributed by atoms with van der Waals surface area (Å²) >= 11 is 0. The third-order valence-electron chi connectivity index (χ3n) is 2.89. The Kier molecular flexibility index (Phi) is 5.65. The van der Waals surface area contributed by atoms with E-state index in [1.807, 2.05) is 18.2 Å². The number of carbonyl (C=O) groups is 1. The second-order valence-corrected chi connectivity index (χ2v) is 4.69. The highest BCUT2D eigenvalue weighted by Gasteiger charge is 2.10. The summed E-state index contributed by atoms with van der Waals surface area (Å²) < 4.78 is 0. The molecule has 0 aromatic heterocycles. The van der Waals surface area contributed by atoms with Crippen molar-refractivity contribution in [3.8, 4) is 0 Å². The van der Waals surface area contributed by atoms with E-state index in [2.05, 4.69) is 31.4 Å². The van der Waals surface area contributed by atoms with Crippen LogP contribution in [0.2, 0.25) is 0 Å². The number of anilines is 2. The van der Waals surface area contributed by atoms with Crippen LogP contribution in [0, 0.1) is 5.92 Å². The van der Waals surface area contributed by atoms with E-state index in [1.54, 1.807) is 6.07 Å². The van der Waals surface area contributed by atoms with E-state index in [4.69, 9.17) is 5.11 Å². The first kappa shape index (κ1) is 14.5. The largest absolute Gasteiger partial charge is 0.387 e. The zero-order valence-electron chi connectivity index (χ0n) is 11.2. The number of hydrogen-bond donors (Lipinski definition) is 3. The molecule has 0 saturated carbocycles. The Labute approximate surface area is 108 Å². The summed E-state index contributed by atoms with van der Waals surface area (Å²) in [5, 5.41) is 14.8. The number of amides is 1. The maximum atomic E-state index is 11.1. The fraction of sp³-hybridized carbons (Fsp3) is 0.500. The molecule has 1 aromatic rings. The van der Waals surface area contributed by atoms with Gasteiger partial charge in [0.05, 0.1) is 0 Å². The standard InChI is InChI=1S/C14H22N2O2/c1-4-13(10(2)3)15-11-6-5-7-12(8-11)16-14(18)9-17/h5-8,10,13,15,17H,4,9H2,1-3H3,(H,16,18). The van der Waals surface area contributed by atoms with Gasteiger partial charge in [-0.3, -0.25) is 4.79 Å². The van der Waals surface area contributed by atoms with Gasteiger partial charge in [-0.15, -0.1) is 0 Å². The molecule has 0 aliphatic rings. The SMILES string of the molecule is CCC(Nc1cccc(NC(=O)CO)c1)C(C)C. The lowest BCUT2D eigenvalue weighted by atomic mass is 10.0. The van der Waals surface area contributed by atoms with E-state index < -0.39 is 12.5 Å². The first-order valence-corrected chi connectivity index (χ1v) is 6.34. The van der Waals surface area contributed by atoms with Crippen molar-refractivity contribution in [1.29, 1.82) is 0 Å². The molecular weight excluding hydrogens is 228 g/mol. The molecule has 1 aromatic carbocycles. The minimum Gasteiger partial charge on any atom is -0.387 e. The number of benzene rings is 1. The zero-order chi connectivity index (χ0) is 13.5. The predicted molar refractivity (Wildman–Crippen MR) is 74.7 cm³/mol. The van der Waals surface area contributed by atoms with Crippen molar-refractivity contribution in [1.82, 2.24) is 0 Å². The molecule has 3 N–H and O–H groups in total. The van der Waals surface area contributed by atoms with Crippen molar-refractivity contribution in [3.05, 3.63) is 24.3 Å². The molecule has 100 valence electrons. The molecule has 0 aliphatic heterocycles. The van der Waals surface area contributed by atoms with Crippen molar-refractivity contribution < 1.29 is 9.90 Å². The van der Waals surface area contributed by atoms with Gasteiger partial charge in [-0.2, -0.15) is 0 Å². The van der Waals surface area contributed by atoms with E-state index in [-0.39, 0.29) is 0 Å². The highest BCUT2D eigenvalue weighted by Crippen LogP contribution is 2.19. The Hall–Kier alpha value is -1.55. The van der Waals surface area contributed by atoms with E-state index in [1.165, 1.54) is 0 Å². The number of aliphatic hydroxyl groups is 1. The molecule has 0 fully saturated rings. The van der Waals surface area contributed by atoms with Crippen molar-refractivity contribution in [2.45, 2.75) is 33.2 Å². The van der Waals surface area contributed by atoms with Crippen LogP contribution >= 0.6 is 0 Å². The van der Waals surface area contributed by atoms with Gasteiger partial charge in [0, 0.05) is 17.4 Å².